The fourth-order valence-corrected chi connectivity index (χ4v) is 6.45. The molecule has 27 heavy (non-hydrogen) atoms. The number of hydrogen-bond acceptors (Lipinski definition) is 4. The lowest BCUT2D eigenvalue weighted by molar-refractivity contribution is -0.170. The van der Waals surface area contributed by atoms with Gasteiger partial charge in [0.15, 0.2) is 5.60 Å². The highest BCUT2D eigenvalue weighted by molar-refractivity contribution is 5.96. The number of oxime groups is 1. The van der Waals surface area contributed by atoms with E-state index in [2.05, 4.69) is 11.1 Å². The normalized spacial score (nSPS) is 54.6. The summed E-state index contributed by atoms with van der Waals surface area (Å²) in [5, 5.41) is 12.4. The van der Waals surface area contributed by atoms with Gasteiger partial charge in [-0.1, -0.05) is 23.6 Å². The number of terminal acetylenes is 1. The first-order valence-corrected chi connectivity index (χ1v) is 9.87. The van der Waals surface area contributed by atoms with Crippen LogP contribution in [-0.4, -0.2) is 22.5 Å². The van der Waals surface area contributed by atoms with Gasteiger partial charge in [0.2, 0.25) is 0 Å². The fraction of sp³-hybridized carbons (Fsp3) is 0.739. The van der Waals surface area contributed by atoms with Crippen LogP contribution in [-0.2, 0) is 9.53 Å². The van der Waals surface area contributed by atoms with Gasteiger partial charge in [0.1, 0.15) is 0 Å². The zero-order valence-electron chi connectivity index (χ0n) is 22.0. The highest BCUT2D eigenvalue weighted by Gasteiger charge is 2.65. The summed E-state index contributed by atoms with van der Waals surface area (Å²) in [4.78, 5) is 12.0. The molecule has 3 saturated carbocycles. The second-order valence-corrected chi connectivity index (χ2v) is 8.24. The molecule has 4 nitrogen and oxygen atoms in total. The Balaban J connectivity index is 1.85. The third-order valence-electron chi connectivity index (χ3n) is 7.51. The summed E-state index contributed by atoms with van der Waals surface area (Å²) in [5.74, 6) is -0.0102. The Morgan fingerprint density at radius 3 is 2.93 bits per heavy atom. The van der Waals surface area contributed by atoms with Crippen molar-refractivity contribution in [3.8, 4) is 12.3 Å². The van der Waals surface area contributed by atoms with Crippen molar-refractivity contribution in [3.63, 3.8) is 0 Å². The van der Waals surface area contributed by atoms with Gasteiger partial charge in [-0.3, -0.25) is 4.79 Å². The lowest BCUT2D eigenvalue weighted by Gasteiger charge is -2.56. The molecule has 3 unspecified atom stereocenters. The van der Waals surface area contributed by atoms with E-state index in [1.807, 2.05) is 6.92 Å². The van der Waals surface area contributed by atoms with Gasteiger partial charge in [0.25, 0.3) is 0 Å². The molecule has 4 aliphatic rings. The zero-order valence-corrected chi connectivity index (χ0v) is 16.0. The highest BCUT2D eigenvalue weighted by Crippen LogP contribution is 2.67. The molecule has 0 heterocycles. The average Bonchev–Trinajstić information content (AvgIpc) is 3.01. The number of esters is 1. The molecule has 4 heteroatoms. The molecular formula is C23H31NO3. The fourth-order valence-electron chi connectivity index (χ4n) is 6.45. The van der Waals surface area contributed by atoms with Gasteiger partial charge in [0.05, 0.1) is 7.08 Å². The number of carbonyl (C=O) groups excluding carboxylic acids is 1. The molecular weight excluding hydrogens is 338 g/mol. The molecule has 1 N–H and O–H groups in total. The van der Waals surface area contributed by atoms with Crippen LogP contribution in [0.5, 0.6) is 0 Å². The molecule has 0 amide bonds. The van der Waals surface area contributed by atoms with Crippen molar-refractivity contribution in [2.24, 2.45) is 34.2 Å². The maximum absolute atomic E-state index is 12.0. The average molecular weight is 376 g/mol. The largest absolute Gasteiger partial charge is 0.445 e. The number of rotatable bonds is 2. The minimum Gasteiger partial charge on any atom is -0.445 e. The lowest BCUT2D eigenvalue weighted by Crippen LogP contribution is -2.55. The van der Waals surface area contributed by atoms with Crippen molar-refractivity contribution >= 4 is 11.7 Å². The van der Waals surface area contributed by atoms with Crippen LogP contribution in [0.1, 0.15) is 79.8 Å². The number of ether oxygens (including phenoxy) is 1. The Labute approximate surface area is 170 Å². The standard InChI is InChI=1S/C23H31NO3/c1-4-22-12-10-19-18-9-7-17(24-26)14-16(18)6-8-20(19)21(22)11-13-23(22,5-2)27-15(3)25/h2,14,18-21,26H,4,6-13H2,1,3H3/b24-17-/t18-,19?,20?,21?,22-,23-/m0/s1/i6D2,7D2,14D,18D. The molecule has 4 rings (SSSR count). The maximum atomic E-state index is 12.0. The van der Waals surface area contributed by atoms with E-state index < -0.39 is 47.4 Å². The lowest BCUT2D eigenvalue weighted by atomic mass is 9.49. The molecule has 3 fully saturated rings. The monoisotopic (exact) mass is 375 g/mol. The van der Waals surface area contributed by atoms with Crippen LogP contribution in [0.3, 0.4) is 0 Å². The van der Waals surface area contributed by atoms with Gasteiger partial charge >= 0.3 is 5.97 Å². The van der Waals surface area contributed by atoms with Crippen molar-refractivity contribution < 1.29 is 23.0 Å². The van der Waals surface area contributed by atoms with Crippen LogP contribution in [0, 0.1) is 41.4 Å². The SMILES string of the molecule is [2H]C1=C2C([2H])([2H])CC3C4CC[C@](C#C)(OC(C)=O)[C@@]4(CC)CCC3[C@@]2([2H])CC([2H])([2H])/C1=N/O. The first kappa shape index (κ1) is 12.6. The predicted molar refractivity (Wildman–Crippen MR) is 104 cm³/mol. The molecule has 0 aromatic heterocycles. The molecule has 146 valence electrons. The van der Waals surface area contributed by atoms with E-state index in [9.17, 15) is 11.4 Å². The van der Waals surface area contributed by atoms with E-state index in [0.29, 0.717) is 32.1 Å². The van der Waals surface area contributed by atoms with Crippen LogP contribution < -0.4 is 0 Å². The Bertz CT molecular complexity index is 987. The van der Waals surface area contributed by atoms with Crippen LogP contribution in [0.25, 0.3) is 0 Å². The Kier molecular flexibility index (Phi) is 3.13. The minimum atomic E-state index is -2.22. The van der Waals surface area contributed by atoms with Crippen LogP contribution in [0.2, 0.25) is 0 Å². The predicted octanol–water partition coefficient (Wildman–Crippen LogP) is 4.71. The van der Waals surface area contributed by atoms with Gasteiger partial charge < -0.3 is 9.94 Å². The number of carbonyl (C=O) groups is 1. The Morgan fingerprint density at radius 1 is 1.44 bits per heavy atom. The van der Waals surface area contributed by atoms with E-state index in [1.54, 1.807) is 0 Å². The molecule has 0 bridgehead atoms. The molecule has 0 aromatic rings. The molecule has 0 aliphatic heterocycles. The molecule has 0 saturated heterocycles. The molecule has 0 radical (unpaired) electrons. The number of hydrogen-bond donors (Lipinski definition) is 1. The summed E-state index contributed by atoms with van der Waals surface area (Å²) < 4.78 is 58.1. The van der Waals surface area contributed by atoms with Gasteiger partial charge in [0, 0.05) is 19.2 Å². The summed E-state index contributed by atoms with van der Waals surface area (Å²) in [6.45, 7) is 3.36. The second kappa shape index (κ2) is 6.69. The smallest absolute Gasteiger partial charge is 0.304 e. The zero-order chi connectivity index (χ0) is 24.6. The van der Waals surface area contributed by atoms with Gasteiger partial charge in [-0.15, -0.1) is 6.42 Å². The Hall–Kier alpha value is -1.76. The molecule has 6 atom stereocenters. The van der Waals surface area contributed by atoms with E-state index in [-0.39, 0.29) is 36.2 Å². The van der Waals surface area contributed by atoms with Crippen LogP contribution in [0.15, 0.2) is 16.8 Å². The van der Waals surface area contributed by atoms with Crippen LogP contribution >= 0.6 is 0 Å². The summed E-state index contributed by atoms with van der Waals surface area (Å²) in [6.07, 6.45) is 4.27. The quantitative estimate of drug-likeness (QED) is 0.329. The van der Waals surface area contributed by atoms with Crippen LogP contribution in [0.4, 0.5) is 0 Å². The third-order valence-corrected chi connectivity index (χ3v) is 7.51. The van der Waals surface area contributed by atoms with Crippen molar-refractivity contribution in [3.05, 3.63) is 11.6 Å². The third kappa shape index (κ3) is 2.57. The van der Waals surface area contributed by atoms with Crippen molar-refractivity contribution in [2.45, 2.75) is 77.1 Å². The summed E-state index contributed by atoms with van der Waals surface area (Å²) in [5.41, 5.74) is -2.19. The minimum absolute atomic E-state index is 0.0743. The topological polar surface area (TPSA) is 58.9 Å². The Morgan fingerprint density at radius 2 is 2.26 bits per heavy atom. The number of allylic oxidation sites excluding steroid dienone is 2. The molecule has 0 aromatic carbocycles. The molecule has 4 aliphatic carbocycles. The van der Waals surface area contributed by atoms with Gasteiger partial charge in [-0.25, -0.2) is 0 Å². The summed E-state index contributed by atoms with van der Waals surface area (Å²) in [7, 11) is 0. The van der Waals surface area contributed by atoms with Gasteiger partial charge in [-0.05, 0) is 87.4 Å². The summed E-state index contributed by atoms with van der Waals surface area (Å²) in [6, 6.07) is -0.496. The first-order chi connectivity index (χ1) is 15.2. The van der Waals surface area contributed by atoms with Crippen molar-refractivity contribution in [1.82, 2.24) is 0 Å². The van der Waals surface area contributed by atoms with Crippen molar-refractivity contribution in [1.29, 1.82) is 0 Å². The number of fused-ring (bicyclic) bond motifs is 5. The first-order valence-electron chi connectivity index (χ1n) is 12.9. The van der Waals surface area contributed by atoms with E-state index in [1.165, 1.54) is 6.92 Å². The van der Waals surface area contributed by atoms with Gasteiger partial charge in [-0.2, -0.15) is 0 Å². The number of nitrogens with zero attached hydrogens (tertiary/aromatic N) is 1. The summed E-state index contributed by atoms with van der Waals surface area (Å²) >= 11 is 0. The van der Waals surface area contributed by atoms with Crippen molar-refractivity contribution in [2.75, 3.05) is 0 Å². The van der Waals surface area contributed by atoms with E-state index in [4.69, 9.17) is 18.0 Å². The molecule has 0 spiro atoms. The van der Waals surface area contributed by atoms with E-state index >= 15 is 0 Å². The highest BCUT2D eigenvalue weighted by atomic mass is 16.6. The maximum Gasteiger partial charge on any atom is 0.304 e. The van der Waals surface area contributed by atoms with E-state index in [0.717, 1.165) is 0 Å². The second-order valence-electron chi connectivity index (χ2n) is 8.24.